The van der Waals surface area contributed by atoms with Crippen LogP contribution < -0.4 is 4.90 Å². The first-order valence-corrected chi connectivity index (χ1v) is 7.26. The second-order valence-electron chi connectivity index (χ2n) is 5.64. The molecule has 0 N–H and O–H groups in total. The van der Waals surface area contributed by atoms with Crippen LogP contribution >= 0.6 is 0 Å². The fourth-order valence-electron chi connectivity index (χ4n) is 3.08. The van der Waals surface area contributed by atoms with Crippen molar-refractivity contribution in [2.45, 2.75) is 25.1 Å². The Morgan fingerprint density at radius 2 is 2.13 bits per heavy atom. The van der Waals surface area contributed by atoms with Crippen molar-refractivity contribution in [3.05, 3.63) is 47.3 Å². The van der Waals surface area contributed by atoms with Crippen LogP contribution in [0, 0.1) is 11.3 Å². The molecule has 0 aliphatic carbocycles. The van der Waals surface area contributed by atoms with E-state index in [9.17, 15) is 13.2 Å². The third kappa shape index (κ3) is 2.89. The van der Waals surface area contributed by atoms with Gasteiger partial charge in [0.2, 0.25) is 0 Å². The van der Waals surface area contributed by atoms with E-state index in [0.717, 1.165) is 24.5 Å². The van der Waals surface area contributed by atoms with Crippen LogP contribution in [0.1, 0.15) is 35.6 Å². The smallest absolute Gasteiger partial charge is 0.364 e. The predicted molar refractivity (Wildman–Crippen MR) is 78.7 cm³/mol. The maximum absolute atomic E-state index is 13.1. The van der Waals surface area contributed by atoms with Gasteiger partial charge in [0.05, 0.1) is 29.4 Å². The number of nitrogens with zero attached hydrogens (tertiary/aromatic N) is 4. The summed E-state index contributed by atoms with van der Waals surface area (Å²) in [4.78, 5) is 1.95. The molecule has 7 heteroatoms. The standard InChI is InChI=1S/C16H15F3N4/c1-22-10-12(9-21-22)15-3-2-6-23(15)13-5-4-11(8-20)14(7-13)16(17,18)19/h4-5,7,9-10,15H,2-3,6H2,1H3. The first-order valence-electron chi connectivity index (χ1n) is 7.26. The number of hydrogen-bond donors (Lipinski definition) is 0. The van der Waals surface area contributed by atoms with Crippen LogP contribution in [0.4, 0.5) is 18.9 Å². The van der Waals surface area contributed by atoms with E-state index < -0.39 is 11.7 Å². The highest BCUT2D eigenvalue weighted by Gasteiger charge is 2.35. The lowest BCUT2D eigenvalue weighted by Gasteiger charge is -2.27. The van der Waals surface area contributed by atoms with Crippen molar-refractivity contribution < 1.29 is 13.2 Å². The summed E-state index contributed by atoms with van der Waals surface area (Å²) in [5, 5.41) is 13.0. The number of rotatable bonds is 2. The van der Waals surface area contributed by atoms with Crippen molar-refractivity contribution in [3.63, 3.8) is 0 Å². The molecular formula is C16H15F3N4. The maximum atomic E-state index is 13.1. The zero-order valence-corrected chi connectivity index (χ0v) is 12.5. The second kappa shape index (κ2) is 5.61. The molecule has 1 aromatic heterocycles. The third-order valence-corrected chi connectivity index (χ3v) is 4.12. The third-order valence-electron chi connectivity index (χ3n) is 4.12. The summed E-state index contributed by atoms with van der Waals surface area (Å²) >= 11 is 0. The fraction of sp³-hybridized carbons (Fsp3) is 0.375. The van der Waals surface area contributed by atoms with E-state index in [1.807, 2.05) is 18.1 Å². The van der Waals surface area contributed by atoms with Crippen LogP contribution in [0.15, 0.2) is 30.6 Å². The number of halogens is 3. The Morgan fingerprint density at radius 3 is 2.74 bits per heavy atom. The zero-order chi connectivity index (χ0) is 16.6. The number of alkyl halides is 3. The normalized spacial score (nSPS) is 18.2. The second-order valence-corrected chi connectivity index (χ2v) is 5.64. The van der Waals surface area contributed by atoms with Crippen LogP contribution in [0.2, 0.25) is 0 Å². The number of benzene rings is 1. The van der Waals surface area contributed by atoms with Crippen molar-refractivity contribution in [2.75, 3.05) is 11.4 Å². The van der Waals surface area contributed by atoms with E-state index in [-0.39, 0.29) is 11.6 Å². The number of nitriles is 1. The highest BCUT2D eigenvalue weighted by molar-refractivity contribution is 5.56. The van der Waals surface area contributed by atoms with Gasteiger partial charge >= 0.3 is 6.18 Å². The van der Waals surface area contributed by atoms with Gasteiger partial charge in [0.25, 0.3) is 0 Å². The maximum Gasteiger partial charge on any atom is 0.417 e. The van der Waals surface area contributed by atoms with E-state index >= 15 is 0 Å². The van der Waals surface area contributed by atoms with Gasteiger partial charge in [0, 0.05) is 31.0 Å². The molecule has 120 valence electrons. The predicted octanol–water partition coefficient (Wildman–Crippen LogP) is 3.65. The monoisotopic (exact) mass is 320 g/mol. The SMILES string of the molecule is Cn1cc(C2CCCN2c2ccc(C#N)c(C(F)(F)F)c2)cn1. The summed E-state index contributed by atoms with van der Waals surface area (Å²) in [7, 11) is 1.81. The zero-order valence-electron chi connectivity index (χ0n) is 12.5. The van der Waals surface area contributed by atoms with Gasteiger partial charge in [0.1, 0.15) is 0 Å². The Hall–Kier alpha value is -2.49. The van der Waals surface area contributed by atoms with Crippen molar-refractivity contribution in [2.24, 2.45) is 7.05 Å². The molecule has 2 aromatic rings. The van der Waals surface area contributed by atoms with E-state index in [0.29, 0.717) is 12.2 Å². The minimum Gasteiger partial charge on any atom is -0.364 e. The van der Waals surface area contributed by atoms with Gasteiger partial charge in [-0.25, -0.2) is 0 Å². The fourth-order valence-corrected chi connectivity index (χ4v) is 3.08. The van der Waals surface area contributed by atoms with Gasteiger partial charge in [-0.3, -0.25) is 4.68 Å². The first kappa shape index (κ1) is 15.4. The Balaban J connectivity index is 1.99. The molecule has 4 nitrogen and oxygen atoms in total. The van der Waals surface area contributed by atoms with Crippen molar-refractivity contribution in [1.82, 2.24) is 9.78 Å². The Bertz CT molecular complexity index is 757. The highest BCUT2D eigenvalue weighted by Crippen LogP contribution is 2.39. The molecule has 1 atom stereocenters. The van der Waals surface area contributed by atoms with Gasteiger partial charge < -0.3 is 4.90 Å². The lowest BCUT2D eigenvalue weighted by atomic mass is 10.0. The quantitative estimate of drug-likeness (QED) is 0.848. The summed E-state index contributed by atoms with van der Waals surface area (Å²) in [5.41, 5.74) is 0.248. The Morgan fingerprint density at radius 1 is 1.35 bits per heavy atom. The highest BCUT2D eigenvalue weighted by atomic mass is 19.4. The molecule has 3 rings (SSSR count). The molecule has 1 aromatic carbocycles. The average Bonchev–Trinajstić information content (AvgIpc) is 3.14. The van der Waals surface area contributed by atoms with Crippen molar-refractivity contribution in [3.8, 4) is 6.07 Å². The minimum absolute atomic E-state index is 0.0118. The molecule has 0 radical (unpaired) electrons. The molecule has 1 saturated heterocycles. The Labute approximate surface area is 131 Å². The van der Waals surface area contributed by atoms with Crippen molar-refractivity contribution >= 4 is 5.69 Å². The van der Waals surface area contributed by atoms with Gasteiger partial charge in [-0.2, -0.15) is 23.5 Å². The summed E-state index contributed by atoms with van der Waals surface area (Å²) < 4.78 is 41.1. The molecule has 0 spiro atoms. The van der Waals surface area contributed by atoms with Gasteiger partial charge in [-0.15, -0.1) is 0 Å². The van der Waals surface area contributed by atoms with Crippen molar-refractivity contribution in [1.29, 1.82) is 5.26 Å². The topological polar surface area (TPSA) is 44.9 Å². The van der Waals surface area contributed by atoms with Crippen LogP contribution in [-0.2, 0) is 13.2 Å². The van der Waals surface area contributed by atoms with E-state index in [4.69, 9.17) is 5.26 Å². The largest absolute Gasteiger partial charge is 0.417 e. The molecule has 2 heterocycles. The van der Waals surface area contributed by atoms with Gasteiger partial charge in [-0.05, 0) is 31.0 Å². The molecule has 0 amide bonds. The summed E-state index contributed by atoms with van der Waals surface area (Å²) in [6.07, 6.45) is 0.868. The van der Waals surface area contributed by atoms with Crippen LogP contribution in [-0.4, -0.2) is 16.3 Å². The molecule has 1 aliphatic heterocycles. The number of anilines is 1. The molecule has 1 fully saturated rings. The average molecular weight is 320 g/mol. The lowest BCUT2D eigenvalue weighted by Crippen LogP contribution is -2.23. The molecule has 0 bridgehead atoms. The van der Waals surface area contributed by atoms with E-state index in [2.05, 4.69) is 5.10 Å². The van der Waals surface area contributed by atoms with Gasteiger partial charge in [0.15, 0.2) is 0 Å². The lowest BCUT2D eigenvalue weighted by molar-refractivity contribution is -0.137. The number of hydrogen-bond acceptors (Lipinski definition) is 3. The minimum atomic E-state index is -4.54. The molecule has 0 saturated carbocycles. The van der Waals surface area contributed by atoms with Crippen LogP contribution in [0.3, 0.4) is 0 Å². The molecule has 23 heavy (non-hydrogen) atoms. The van der Waals surface area contributed by atoms with Gasteiger partial charge in [-0.1, -0.05) is 0 Å². The number of aromatic nitrogens is 2. The van der Waals surface area contributed by atoms with Crippen LogP contribution in [0.5, 0.6) is 0 Å². The summed E-state index contributed by atoms with van der Waals surface area (Å²) in [6.45, 7) is 0.683. The Kier molecular flexibility index (Phi) is 3.76. The van der Waals surface area contributed by atoms with E-state index in [1.54, 1.807) is 23.0 Å². The first-order chi connectivity index (χ1) is 10.9. The summed E-state index contributed by atoms with van der Waals surface area (Å²) in [6, 6.07) is 5.54. The van der Waals surface area contributed by atoms with E-state index in [1.165, 1.54) is 6.07 Å². The van der Waals surface area contributed by atoms with Crippen LogP contribution in [0.25, 0.3) is 0 Å². The molecule has 1 aliphatic rings. The summed E-state index contributed by atoms with van der Waals surface area (Å²) in [5.74, 6) is 0. The molecular weight excluding hydrogens is 305 g/mol. The molecule has 1 unspecified atom stereocenters. The number of aryl methyl sites for hydroxylation is 1.